The van der Waals surface area contributed by atoms with Crippen LogP contribution in [0.2, 0.25) is 0 Å². The highest BCUT2D eigenvalue weighted by molar-refractivity contribution is 5.79. The molecule has 0 aromatic carbocycles. The van der Waals surface area contributed by atoms with Crippen molar-refractivity contribution in [2.24, 2.45) is 5.92 Å². The van der Waals surface area contributed by atoms with Crippen LogP contribution in [-0.2, 0) is 19.1 Å². The lowest BCUT2D eigenvalue weighted by Crippen LogP contribution is -2.53. The minimum atomic E-state index is -0.391. The van der Waals surface area contributed by atoms with Crippen molar-refractivity contribution in [3.63, 3.8) is 0 Å². The van der Waals surface area contributed by atoms with Gasteiger partial charge in [0.05, 0.1) is 38.5 Å². The van der Waals surface area contributed by atoms with Crippen molar-refractivity contribution < 1.29 is 24.2 Å². The third kappa shape index (κ3) is 6.40. The van der Waals surface area contributed by atoms with Crippen LogP contribution >= 0.6 is 0 Å². The molecular weight excluding hydrogens is 362 g/mol. The van der Waals surface area contributed by atoms with E-state index in [9.17, 15) is 14.7 Å². The lowest BCUT2D eigenvalue weighted by atomic mass is 9.97. The van der Waals surface area contributed by atoms with E-state index >= 15 is 0 Å². The van der Waals surface area contributed by atoms with E-state index in [1.165, 1.54) is 0 Å². The maximum atomic E-state index is 12.3. The number of hydrogen-bond donors (Lipinski definition) is 3. The summed E-state index contributed by atoms with van der Waals surface area (Å²) < 4.78 is 11.3. The Morgan fingerprint density at radius 1 is 1.07 bits per heavy atom. The Hall–Kier alpha value is -1.22. The van der Waals surface area contributed by atoms with Crippen LogP contribution in [0.1, 0.15) is 44.9 Å². The Morgan fingerprint density at radius 3 is 2.54 bits per heavy atom. The first-order chi connectivity index (χ1) is 13.7. The number of hydrogen-bond acceptors (Lipinski definition) is 6. The molecule has 160 valence electrons. The maximum absolute atomic E-state index is 12.3. The van der Waals surface area contributed by atoms with Crippen LogP contribution in [0.25, 0.3) is 0 Å². The molecule has 3 atom stereocenters. The molecular formula is C20H35N3O5. The maximum Gasteiger partial charge on any atom is 0.234 e. The minimum absolute atomic E-state index is 0.00780. The number of aliphatic hydroxyl groups is 1. The molecule has 0 spiro atoms. The van der Waals surface area contributed by atoms with E-state index in [4.69, 9.17) is 9.47 Å². The summed E-state index contributed by atoms with van der Waals surface area (Å²) in [5.74, 6) is 0.319. The first-order valence-corrected chi connectivity index (χ1v) is 10.8. The molecule has 3 aliphatic rings. The monoisotopic (exact) mass is 397 g/mol. The van der Waals surface area contributed by atoms with Gasteiger partial charge in [0.2, 0.25) is 11.8 Å². The zero-order chi connectivity index (χ0) is 19.8. The second-order valence-corrected chi connectivity index (χ2v) is 8.18. The predicted molar refractivity (Wildman–Crippen MR) is 104 cm³/mol. The van der Waals surface area contributed by atoms with E-state index in [0.717, 1.165) is 58.0 Å². The summed E-state index contributed by atoms with van der Waals surface area (Å²) in [7, 11) is 0. The normalized spacial score (nSPS) is 29.5. The first kappa shape index (κ1) is 21.5. The van der Waals surface area contributed by atoms with Gasteiger partial charge in [0.1, 0.15) is 6.10 Å². The fourth-order valence-corrected chi connectivity index (χ4v) is 4.41. The number of rotatable bonds is 8. The molecule has 3 fully saturated rings. The summed E-state index contributed by atoms with van der Waals surface area (Å²) in [6, 6.07) is -0.164. The van der Waals surface area contributed by atoms with Gasteiger partial charge >= 0.3 is 0 Å². The number of ether oxygens (including phenoxy) is 2. The van der Waals surface area contributed by atoms with Crippen LogP contribution in [0.5, 0.6) is 0 Å². The zero-order valence-electron chi connectivity index (χ0n) is 16.7. The van der Waals surface area contributed by atoms with Crippen LogP contribution < -0.4 is 10.6 Å². The fraction of sp³-hybridized carbons (Fsp3) is 0.900. The third-order valence-corrected chi connectivity index (χ3v) is 6.10. The average Bonchev–Trinajstić information content (AvgIpc) is 3.24. The smallest absolute Gasteiger partial charge is 0.234 e. The summed E-state index contributed by atoms with van der Waals surface area (Å²) in [5, 5.41) is 15.7. The number of nitrogens with one attached hydrogen (secondary N) is 2. The standard InChI is InChI=1S/C20H35N3O5/c24-14-18-17(22-19(25)13-23-9-11-27-12-10-23)6-5-16(28-18)7-8-21-20(26)15-3-1-2-4-15/h15-18,24H,1-14H2,(H,21,26)(H,22,25)/t16-,17-,18-/m0/s1. The van der Waals surface area contributed by atoms with Gasteiger partial charge in [-0.1, -0.05) is 12.8 Å². The highest BCUT2D eigenvalue weighted by atomic mass is 16.5. The van der Waals surface area contributed by atoms with E-state index in [2.05, 4.69) is 15.5 Å². The molecule has 3 rings (SSSR count). The van der Waals surface area contributed by atoms with Crippen LogP contribution in [0.3, 0.4) is 0 Å². The molecule has 8 nitrogen and oxygen atoms in total. The minimum Gasteiger partial charge on any atom is -0.394 e. The van der Waals surface area contributed by atoms with Crippen molar-refractivity contribution in [1.29, 1.82) is 0 Å². The lowest BCUT2D eigenvalue weighted by molar-refractivity contribution is -0.131. The van der Waals surface area contributed by atoms with E-state index in [-0.39, 0.29) is 36.5 Å². The molecule has 1 saturated carbocycles. The Bertz CT molecular complexity index is 506. The van der Waals surface area contributed by atoms with Gasteiger partial charge in [0, 0.05) is 25.6 Å². The Morgan fingerprint density at radius 2 is 1.82 bits per heavy atom. The number of carbonyl (C=O) groups excluding carboxylic acids is 2. The quantitative estimate of drug-likeness (QED) is 0.535. The van der Waals surface area contributed by atoms with E-state index in [1.807, 2.05) is 0 Å². The Kier molecular flexibility index (Phi) is 8.51. The molecule has 0 radical (unpaired) electrons. The van der Waals surface area contributed by atoms with Crippen molar-refractivity contribution in [3.05, 3.63) is 0 Å². The highest BCUT2D eigenvalue weighted by Crippen LogP contribution is 2.25. The van der Waals surface area contributed by atoms with Crippen molar-refractivity contribution in [1.82, 2.24) is 15.5 Å². The van der Waals surface area contributed by atoms with Crippen LogP contribution in [0.15, 0.2) is 0 Å². The summed E-state index contributed by atoms with van der Waals surface area (Å²) in [6.07, 6.45) is 6.27. The molecule has 0 aromatic heterocycles. The van der Waals surface area contributed by atoms with Gasteiger partial charge in [0.15, 0.2) is 0 Å². The molecule has 0 bridgehead atoms. The first-order valence-electron chi connectivity index (χ1n) is 10.8. The van der Waals surface area contributed by atoms with Crippen molar-refractivity contribution in [2.75, 3.05) is 46.0 Å². The van der Waals surface area contributed by atoms with Crippen molar-refractivity contribution in [3.8, 4) is 0 Å². The molecule has 2 aliphatic heterocycles. The zero-order valence-corrected chi connectivity index (χ0v) is 16.7. The summed E-state index contributed by atoms with van der Waals surface area (Å²) in [6.45, 7) is 3.71. The number of carbonyl (C=O) groups is 2. The summed E-state index contributed by atoms with van der Waals surface area (Å²) >= 11 is 0. The molecule has 1 aliphatic carbocycles. The van der Waals surface area contributed by atoms with Gasteiger partial charge in [-0.25, -0.2) is 0 Å². The molecule has 2 heterocycles. The van der Waals surface area contributed by atoms with Gasteiger partial charge in [-0.15, -0.1) is 0 Å². The van der Waals surface area contributed by atoms with Gasteiger partial charge in [-0.3, -0.25) is 14.5 Å². The number of aliphatic hydroxyl groups excluding tert-OH is 1. The second kappa shape index (κ2) is 11.1. The van der Waals surface area contributed by atoms with Crippen LogP contribution in [-0.4, -0.2) is 86.1 Å². The molecule has 2 saturated heterocycles. The van der Waals surface area contributed by atoms with Crippen LogP contribution in [0.4, 0.5) is 0 Å². The number of amides is 2. The lowest BCUT2D eigenvalue weighted by Gasteiger charge is -2.36. The van der Waals surface area contributed by atoms with E-state index < -0.39 is 6.10 Å². The SMILES string of the molecule is O=C(CN1CCOCC1)N[C@H]1CC[C@@H](CCNC(=O)C2CCCC2)O[C@H]1CO. The van der Waals surface area contributed by atoms with E-state index in [0.29, 0.717) is 26.3 Å². The fourth-order valence-electron chi connectivity index (χ4n) is 4.41. The highest BCUT2D eigenvalue weighted by Gasteiger charge is 2.32. The second-order valence-electron chi connectivity index (χ2n) is 8.18. The van der Waals surface area contributed by atoms with Gasteiger partial charge in [-0.05, 0) is 32.1 Å². The molecule has 8 heteroatoms. The number of nitrogens with zero attached hydrogens (tertiary/aromatic N) is 1. The molecule has 0 unspecified atom stereocenters. The molecule has 0 aromatic rings. The van der Waals surface area contributed by atoms with Gasteiger partial charge < -0.3 is 25.2 Å². The van der Waals surface area contributed by atoms with E-state index in [1.54, 1.807) is 0 Å². The Balaban J connectivity index is 1.35. The summed E-state index contributed by atoms with van der Waals surface area (Å²) in [4.78, 5) is 26.5. The number of morpholine rings is 1. The van der Waals surface area contributed by atoms with Crippen molar-refractivity contribution >= 4 is 11.8 Å². The summed E-state index contributed by atoms with van der Waals surface area (Å²) in [5.41, 5.74) is 0. The third-order valence-electron chi connectivity index (χ3n) is 6.10. The van der Waals surface area contributed by atoms with Crippen LogP contribution in [0, 0.1) is 5.92 Å². The van der Waals surface area contributed by atoms with Gasteiger partial charge in [0.25, 0.3) is 0 Å². The van der Waals surface area contributed by atoms with Gasteiger partial charge in [-0.2, -0.15) is 0 Å². The average molecular weight is 398 g/mol. The largest absolute Gasteiger partial charge is 0.394 e. The topological polar surface area (TPSA) is 100 Å². The molecule has 28 heavy (non-hydrogen) atoms. The predicted octanol–water partition coefficient (Wildman–Crippen LogP) is 0.0398. The molecule has 2 amide bonds. The Labute approximate surface area is 167 Å². The molecule has 3 N–H and O–H groups in total. The van der Waals surface area contributed by atoms with Crippen molar-refractivity contribution in [2.45, 2.75) is 63.2 Å².